The van der Waals surface area contributed by atoms with E-state index in [4.69, 9.17) is 0 Å². The Morgan fingerprint density at radius 2 is 2.11 bits per heavy atom. The summed E-state index contributed by atoms with van der Waals surface area (Å²) in [6.45, 7) is 4.09. The molecule has 2 rings (SSSR count). The third-order valence-electron chi connectivity index (χ3n) is 2.50. The molecule has 1 heterocycles. The van der Waals surface area contributed by atoms with Crippen LogP contribution in [0.15, 0.2) is 35.4 Å². The molecule has 2 nitrogen and oxygen atoms in total. The summed E-state index contributed by atoms with van der Waals surface area (Å²) in [4.78, 5) is 6.75. The van der Waals surface area contributed by atoms with Gasteiger partial charge in [-0.2, -0.15) is 0 Å². The second kappa shape index (κ2) is 7.62. The lowest BCUT2D eigenvalue weighted by Crippen LogP contribution is -2.12. The Morgan fingerprint density at radius 3 is 2.84 bits per heavy atom. The maximum atomic E-state index is 12.8. The molecular weight excluding hydrogens is 279 g/mol. The number of thioether (sulfide) groups is 1. The average molecular weight is 296 g/mol. The van der Waals surface area contributed by atoms with Crippen molar-refractivity contribution in [3.05, 3.63) is 46.2 Å². The van der Waals surface area contributed by atoms with Crippen molar-refractivity contribution in [3.63, 3.8) is 0 Å². The minimum absolute atomic E-state index is 0.192. The molecule has 5 heteroatoms. The SMILES string of the molecule is CCCNCc1cnc(CSc2ccc(F)cc2)s1. The van der Waals surface area contributed by atoms with E-state index in [0.717, 1.165) is 35.2 Å². The van der Waals surface area contributed by atoms with E-state index in [2.05, 4.69) is 17.2 Å². The Balaban J connectivity index is 1.81. The average Bonchev–Trinajstić information content (AvgIpc) is 2.86. The van der Waals surface area contributed by atoms with Gasteiger partial charge in [0.1, 0.15) is 10.8 Å². The fourth-order valence-electron chi connectivity index (χ4n) is 1.56. The van der Waals surface area contributed by atoms with Crippen molar-refractivity contribution >= 4 is 23.1 Å². The molecule has 2 aromatic rings. The second-order valence-corrected chi connectivity index (χ2v) is 6.39. The molecule has 19 heavy (non-hydrogen) atoms. The Bertz CT molecular complexity index is 496. The molecule has 1 aromatic heterocycles. The zero-order valence-electron chi connectivity index (χ0n) is 10.9. The zero-order chi connectivity index (χ0) is 13.5. The second-order valence-electron chi connectivity index (χ2n) is 4.14. The van der Waals surface area contributed by atoms with Crippen LogP contribution in [0.1, 0.15) is 23.2 Å². The maximum Gasteiger partial charge on any atom is 0.123 e. The minimum atomic E-state index is -0.192. The van der Waals surface area contributed by atoms with Gasteiger partial charge in [0.2, 0.25) is 0 Å². The first-order chi connectivity index (χ1) is 9.28. The summed E-state index contributed by atoms with van der Waals surface area (Å²) in [5.74, 6) is 0.646. The summed E-state index contributed by atoms with van der Waals surface area (Å²) in [5.41, 5.74) is 0. The van der Waals surface area contributed by atoms with Crippen molar-refractivity contribution in [2.24, 2.45) is 0 Å². The van der Waals surface area contributed by atoms with Crippen LogP contribution in [0, 0.1) is 5.82 Å². The highest BCUT2D eigenvalue weighted by Gasteiger charge is 2.03. The van der Waals surface area contributed by atoms with Crippen LogP contribution < -0.4 is 5.32 Å². The van der Waals surface area contributed by atoms with Crippen molar-refractivity contribution in [3.8, 4) is 0 Å². The van der Waals surface area contributed by atoms with Gasteiger partial charge in [0.25, 0.3) is 0 Å². The highest BCUT2D eigenvalue weighted by molar-refractivity contribution is 7.98. The fourth-order valence-corrected chi connectivity index (χ4v) is 3.35. The van der Waals surface area contributed by atoms with Gasteiger partial charge in [0, 0.05) is 22.5 Å². The lowest BCUT2D eigenvalue weighted by atomic mass is 10.4. The van der Waals surface area contributed by atoms with Gasteiger partial charge in [0.15, 0.2) is 0 Å². The van der Waals surface area contributed by atoms with Crippen LogP contribution in [0.4, 0.5) is 4.39 Å². The summed E-state index contributed by atoms with van der Waals surface area (Å²) < 4.78 is 12.8. The van der Waals surface area contributed by atoms with Crippen LogP contribution in [0.25, 0.3) is 0 Å². The van der Waals surface area contributed by atoms with Gasteiger partial charge in [-0.3, -0.25) is 0 Å². The molecule has 0 amide bonds. The number of thiazole rings is 1. The van der Waals surface area contributed by atoms with Gasteiger partial charge in [-0.15, -0.1) is 23.1 Å². The van der Waals surface area contributed by atoms with E-state index < -0.39 is 0 Å². The number of hydrogen-bond donors (Lipinski definition) is 1. The molecule has 0 fully saturated rings. The number of benzene rings is 1. The van der Waals surface area contributed by atoms with Gasteiger partial charge in [-0.05, 0) is 37.2 Å². The molecule has 0 saturated carbocycles. The Kier molecular flexibility index (Phi) is 5.82. The predicted octanol–water partition coefficient (Wildman–Crippen LogP) is 4.07. The Labute approximate surface area is 121 Å². The molecule has 0 atom stereocenters. The van der Waals surface area contributed by atoms with Crippen LogP contribution in [-0.4, -0.2) is 11.5 Å². The number of halogens is 1. The number of nitrogens with one attached hydrogen (secondary N) is 1. The van der Waals surface area contributed by atoms with Gasteiger partial charge in [-0.25, -0.2) is 9.37 Å². The standard InChI is InChI=1S/C14H17FN2S2/c1-2-7-16-8-13-9-17-14(19-13)10-18-12-5-3-11(15)4-6-12/h3-6,9,16H,2,7-8,10H2,1H3. The molecule has 0 radical (unpaired) electrons. The van der Waals surface area contributed by atoms with E-state index in [9.17, 15) is 4.39 Å². The smallest absolute Gasteiger partial charge is 0.123 e. The first kappa shape index (κ1) is 14.5. The molecule has 1 aromatic carbocycles. The zero-order valence-corrected chi connectivity index (χ0v) is 12.5. The Morgan fingerprint density at radius 1 is 1.32 bits per heavy atom. The number of hydrogen-bond acceptors (Lipinski definition) is 4. The van der Waals surface area contributed by atoms with E-state index in [1.54, 1.807) is 35.2 Å². The lowest BCUT2D eigenvalue weighted by Gasteiger charge is -1.99. The topological polar surface area (TPSA) is 24.9 Å². The van der Waals surface area contributed by atoms with Crippen molar-refractivity contribution in [2.45, 2.75) is 30.5 Å². The van der Waals surface area contributed by atoms with Crippen LogP contribution in [0.3, 0.4) is 0 Å². The molecule has 0 bridgehead atoms. The first-order valence-corrected chi connectivity index (χ1v) is 8.11. The summed E-state index contributed by atoms with van der Waals surface area (Å²) in [6.07, 6.45) is 3.08. The first-order valence-electron chi connectivity index (χ1n) is 6.30. The Hall–Kier alpha value is -0.910. The largest absolute Gasteiger partial charge is 0.312 e. The molecular formula is C14H17FN2S2. The molecule has 0 aliphatic heterocycles. The third-order valence-corrected chi connectivity index (χ3v) is 4.71. The van der Waals surface area contributed by atoms with Crippen molar-refractivity contribution in [2.75, 3.05) is 6.54 Å². The monoisotopic (exact) mass is 296 g/mol. The molecule has 0 aliphatic rings. The molecule has 0 aliphatic carbocycles. The van der Waals surface area contributed by atoms with Crippen molar-refractivity contribution < 1.29 is 4.39 Å². The van der Waals surface area contributed by atoms with Crippen molar-refractivity contribution in [1.29, 1.82) is 0 Å². The predicted molar refractivity (Wildman–Crippen MR) is 80.1 cm³/mol. The quantitative estimate of drug-likeness (QED) is 0.616. The molecule has 0 saturated heterocycles. The van der Waals surface area contributed by atoms with Gasteiger partial charge in [-0.1, -0.05) is 6.92 Å². The molecule has 0 spiro atoms. The van der Waals surface area contributed by atoms with Gasteiger partial charge in [0.05, 0.1) is 5.75 Å². The lowest BCUT2D eigenvalue weighted by molar-refractivity contribution is 0.626. The molecule has 1 N–H and O–H groups in total. The number of rotatable bonds is 7. The summed E-state index contributed by atoms with van der Waals surface area (Å²) in [7, 11) is 0. The van der Waals surface area contributed by atoms with Crippen LogP contribution in [0.5, 0.6) is 0 Å². The van der Waals surface area contributed by atoms with E-state index in [1.165, 1.54) is 17.0 Å². The summed E-state index contributed by atoms with van der Waals surface area (Å²) >= 11 is 3.42. The van der Waals surface area contributed by atoms with E-state index in [-0.39, 0.29) is 5.82 Å². The fraction of sp³-hybridized carbons (Fsp3) is 0.357. The molecule has 102 valence electrons. The van der Waals surface area contributed by atoms with Gasteiger partial charge < -0.3 is 5.32 Å². The third kappa shape index (κ3) is 4.93. The minimum Gasteiger partial charge on any atom is -0.312 e. The molecule has 0 unspecified atom stereocenters. The number of aromatic nitrogens is 1. The van der Waals surface area contributed by atoms with E-state index in [1.807, 2.05) is 6.20 Å². The van der Waals surface area contributed by atoms with E-state index in [0.29, 0.717) is 0 Å². The maximum absolute atomic E-state index is 12.8. The van der Waals surface area contributed by atoms with E-state index >= 15 is 0 Å². The van der Waals surface area contributed by atoms with Crippen LogP contribution in [-0.2, 0) is 12.3 Å². The highest BCUT2D eigenvalue weighted by atomic mass is 32.2. The summed E-state index contributed by atoms with van der Waals surface area (Å²) in [5, 5.41) is 4.48. The van der Waals surface area contributed by atoms with Crippen molar-refractivity contribution in [1.82, 2.24) is 10.3 Å². The summed E-state index contributed by atoms with van der Waals surface area (Å²) in [6, 6.07) is 6.59. The number of nitrogens with zero attached hydrogens (tertiary/aromatic N) is 1. The van der Waals surface area contributed by atoms with Crippen LogP contribution >= 0.6 is 23.1 Å². The van der Waals surface area contributed by atoms with Gasteiger partial charge >= 0.3 is 0 Å². The highest BCUT2D eigenvalue weighted by Crippen LogP contribution is 2.25. The normalized spacial score (nSPS) is 10.8. The van der Waals surface area contributed by atoms with Crippen LogP contribution in [0.2, 0.25) is 0 Å².